The molecule has 178 valence electrons. The monoisotopic (exact) mass is 459 g/mol. The zero-order valence-corrected chi connectivity index (χ0v) is 19.8. The summed E-state index contributed by atoms with van der Waals surface area (Å²) in [6.07, 6.45) is 9.34. The normalized spacial score (nSPS) is 24.9. The Bertz CT molecular complexity index is 1140. The molecule has 0 radical (unpaired) electrons. The quantitative estimate of drug-likeness (QED) is 0.420. The minimum absolute atomic E-state index is 0.0726. The summed E-state index contributed by atoms with van der Waals surface area (Å²) in [5, 5.41) is 23.3. The maximum absolute atomic E-state index is 9.88. The van der Waals surface area contributed by atoms with Gasteiger partial charge in [0.15, 0.2) is 0 Å². The molecule has 5 rings (SSSR count). The standard InChI is InChI=1S/C28H33N3O3/c1-3-30-28-16-25(28)26(17-28)34-24-12-9-22(10-13-24)21-7-4-20(5-8-21)6-11-23(18-32)31-15-14-29-27(31)19(2)33/h4-15,19,23,25-26,30,32-33H,3,16-18H2,1-2H3/b11-6+/t19-,23-,25?,26+,28+/m0/s1. The molecule has 2 aromatic carbocycles. The van der Waals surface area contributed by atoms with Gasteiger partial charge in [0.25, 0.3) is 0 Å². The second-order valence-electron chi connectivity index (χ2n) is 9.48. The van der Waals surface area contributed by atoms with Crippen LogP contribution in [0.4, 0.5) is 0 Å². The van der Waals surface area contributed by atoms with Crippen LogP contribution in [-0.2, 0) is 0 Å². The number of ether oxygens (including phenoxy) is 1. The molecule has 3 N–H and O–H groups in total. The van der Waals surface area contributed by atoms with Crippen LogP contribution in [0.2, 0.25) is 0 Å². The third-order valence-electron chi connectivity index (χ3n) is 7.19. The first-order valence-electron chi connectivity index (χ1n) is 12.1. The highest BCUT2D eigenvalue weighted by Crippen LogP contribution is 2.60. The Hall–Kier alpha value is -2.93. The van der Waals surface area contributed by atoms with Crippen molar-refractivity contribution in [1.29, 1.82) is 0 Å². The van der Waals surface area contributed by atoms with Crippen LogP contribution >= 0.6 is 0 Å². The van der Waals surface area contributed by atoms with Crippen LogP contribution < -0.4 is 10.1 Å². The highest BCUT2D eigenvalue weighted by Gasteiger charge is 2.68. The fourth-order valence-corrected chi connectivity index (χ4v) is 5.23. The fourth-order valence-electron chi connectivity index (χ4n) is 5.23. The van der Waals surface area contributed by atoms with Crippen molar-refractivity contribution < 1.29 is 14.9 Å². The Morgan fingerprint density at radius 2 is 1.85 bits per heavy atom. The third-order valence-corrected chi connectivity index (χ3v) is 7.19. The Morgan fingerprint density at radius 3 is 2.47 bits per heavy atom. The largest absolute Gasteiger partial charge is 0.490 e. The molecule has 3 aromatic rings. The van der Waals surface area contributed by atoms with E-state index in [1.807, 2.05) is 12.2 Å². The molecule has 1 aromatic heterocycles. The summed E-state index contributed by atoms with van der Waals surface area (Å²) in [5.74, 6) is 2.15. The predicted molar refractivity (Wildman–Crippen MR) is 133 cm³/mol. The lowest BCUT2D eigenvalue weighted by Gasteiger charge is -2.35. The van der Waals surface area contributed by atoms with Gasteiger partial charge >= 0.3 is 0 Å². The van der Waals surface area contributed by atoms with Crippen molar-refractivity contribution in [3.63, 3.8) is 0 Å². The fraction of sp³-hybridized carbons (Fsp3) is 0.393. The van der Waals surface area contributed by atoms with E-state index in [0.717, 1.165) is 35.4 Å². The van der Waals surface area contributed by atoms with Crippen molar-refractivity contribution in [3.8, 4) is 16.9 Å². The van der Waals surface area contributed by atoms with Crippen LogP contribution in [0.15, 0.2) is 67.0 Å². The van der Waals surface area contributed by atoms with Crippen LogP contribution in [0.1, 0.15) is 50.2 Å². The first-order chi connectivity index (χ1) is 16.5. The number of nitrogens with zero attached hydrogens (tertiary/aromatic N) is 2. The van der Waals surface area contributed by atoms with E-state index in [1.54, 1.807) is 23.9 Å². The van der Waals surface area contributed by atoms with Crippen molar-refractivity contribution in [2.24, 2.45) is 5.92 Å². The highest BCUT2D eigenvalue weighted by molar-refractivity contribution is 5.66. The van der Waals surface area contributed by atoms with Gasteiger partial charge in [0.05, 0.1) is 12.6 Å². The van der Waals surface area contributed by atoms with Crippen LogP contribution in [0.3, 0.4) is 0 Å². The molecule has 0 aliphatic heterocycles. The van der Waals surface area contributed by atoms with Crippen molar-refractivity contribution in [1.82, 2.24) is 14.9 Å². The molecule has 5 atom stereocenters. The zero-order chi connectivity index (χ0) is 23.7. The van der Waals surface area contributed by atoms with E-state index >= 15 is 0 Å². The number of aliphatic hydroxyl groups is 2. The summed E-state index contributed by atoms with van der Waals surface area (Å²) in [4.78, 5) is 4.19. The lowest BCUT2D eigenvalue weighted by Crippen LogP contribution is -2.49. The molecule has 1 heterocycles. The molecule has 0 bridgehead atoms. The molecule has 1 unspecified atom stereocenters. The van der Waals surface area contributed by atoms with Crippen molar-refractivity contribution >= 4 is 6.08 Å². The molecule has 0 spiro atoms. The summed E-state index contributed by atoms with van der Waals surface area (Å²) >= 11 is 0. The van der Waals surface area contributed by atoms with E-state index in [-0.39, 0.29) is 12.6 Å². The molecule has 34 heavy (non-hydrogen) atoms. The summed E-state index contributed by atoms with van der Waals surface area (Å²) in [6.45, 7) is 4.80. The number of aromatic nitrogens is 2. The van der Waals surface area contributed by atoms with Crippen LogP contribution in [-0.4, -0.2) is 44.6 Å². The molecule has 0 amide bonds. The molecule has 6 heteroatoms. The number of imidazole rings is 1. The van der Waals surface area contributed by atoms with Crippen molar-refractivity contribution in [2.75, 3.05) is 13.2 Å². The second kappa shape index (κ2) is 9.37. The van der Waals surface area contributed by atoms with Gasteiger partial charge in [0.2, 0.25) is 0 Å². The summed E-state index contributed by atoms with van der Waals surface area (Å²) < 4.78 is 8.01. The van der Waals surface area contributed by atoms with Gasteiger partial charge in [-0.25, -0.2) is 4.98 Å². The maximum atomic E-state index is 9.88. The topological polar surface area (TPSA) is 79.5 Å². The minimum Gasteiger partial charge on any atom is -0.490 e. The van der Waals surface area contributed by atoms with E-state index in [2.05, 4.69) is 65.8 Å². The van der Waals surface area contributed by atoms with Gasteiger partial charge in [0.1, 0.15) is 23.8 Å². The lowest BCUT2D eigenvalue weighted by atomic mass is 9.89. The number of benzene rings is 2. The number of hydrogen-bond acceptors (Lipinski definition) is 5. The van der Waals surface area contributed by atoms with Crippen molar-refractivity contribution in [2.45, 2.75) is 50.5 Å². The molecule has 2 fully saturated rings. The number of rotatable bonds is 10. The van der Waals surface area contributed by atoms with Crippen LogP contribution in [0.5, 0.6) is 5.75 Å². The number of hydrogen-bond donors (Lipinski definition) is 3. The molecular weight excluding hydrogens is 426 g/mol. The highest BCUT2D eigenvalue weighted by atomic mass is 16.5. The molecule has 2 aliphatic carbocycles. The Balaban J connectivity index is 1.20. The third kappa shape index (κ3) is 4.41. The van der Waals surface area contributed by atoms with E-state index in [0.29, 0.717) is 23.4 Å². The Morgan fingerprint density at radius 1 is 1.15 bits per heavy atom. The van der Waals surface area contributed by atoms with Gasteiger partial charge in [0, 0.05) is 30.3 Å². The zero-order valence-electron chi connectivity index (χ0n) is 19.8. The molecular formula is C28H33N3O3. The maximum Gasteiger partial charge on any atom is 0.137 e. The number of aliphatic hydroxyl groups excluding tert-OH is 2. The Labute approximate surface area is 200 Å². The lowest BCUT2D eigenvalue weighted by molar-refractivity contribution is 0.0779. The van der Waals surface area contributed by atoms with Gasteiger partial charge in [-0.2, -0.15) is 0 Å². The van der Waals surface area contributed by atoms with E-state index in [9.17, 15) is 10.2 Å². The molecule has 6 nitrogen and oxygen atoms in total. The molecule has 2 saturated carbocycles. The van der Waals surface area contributed by atoms with E-state index < -0.39 is 6.10 Å². The summed E-state index contributed by atoms with van der Waals surface area (Å²) in [7, 11) is 0. The van der Waals surface area contributed by atoms with Gasteiger partial charge in [-0.1, -0.05) is 55.5 Å². The van der Waals surface area contributed by atoms with Crippen LogP contribution in [0.25, 0.3) is 17.2 Å². The average Bonchev–Trinajstić information content (AvgIpc) is 3.18. The number of fused-ring (bicyclic) bond motifs is 1. The van der Waals surface area contributed by atoms with Gasteiger partial charge in [-0.3, -0.25) is 0 Å². The summed E-state index contributed by atoms with van der Waals surface area (Å²) in [5.41, 5.74) is 3.72. The predicted octanol–water partition coefficient (Wildman–Crippen LogP) is 4.37. The minimum atomic E-state index is -0.692. The van der Waals surface area contributed by atoms with Gasteiger partial charge in [-0.05, 0) is 48.7 Å². The number of nitrogens with one attached hydrogen (secondary N) is 1. The van der Waals surface area contributed by atoms with Gasteiger partial charge < -0.3 is 24.8 Å². The van der Waals surface area contributed by atoms with Crippen LogP contribution in [0, 0.1) is 5.92 Å². The Kier molecular flexibility index (Phi) is 6.30. The molecule has 2 aliphatic rings. The molecule has 0 saturated heterocycles. The smallest absolute Gasteiger partial charge is 0.137 e. The first kappa shape index (κ1) is 22.8. The first-order valence-corrected chi connectivity index (χ1v) is 12.1. The van der Waals surface area contributed by atoms with E-state index in [4.69, 9.17) is 4.74 Å². The van der Waals surface area contributed by atoms with Crippen molar-refractivity contribution in [3.05, 3.63) is 78.4 Å². The SMILES string of the molecule is CCN[C@@]12CC1[C@H](Oc1ccc(-c3ccc(/C=C/[C@@H](CO)n4ccnc4[C@H](C)O)cc3)cc1)C2. The average molecular weight is 460 g/mol. The summed E-state index contributed by atoms with van der Waals surface area (Å²) in [6, 6.07) is 16.4. The van der Waals surface area contributed by atoms with Gasteiger partial charge in [-0.15, -0.1) is 0 Å². The second-order valence-corrected chi connectivity index (χ2v) is 9.48. The van der Waals surface area contributed by atoms with E-state index in [1.165, 1.54) is 6.42 Å².